The smallest absolute Gasteiger partial charge is 0.167 e. The summed E-state index contributed by atoms with van der Waals surface area (Å²) in [5, 5.41) is 3.14. The molecule has 1 aromatic carbocycles. The first-order valence-corrected chi connectivity index (χ1v) is 5.51. The van der Waals surface area contributed by atoms with Crippen LogP contribution in [-0.2, 0) is 4.74 Å². The van der Waals surface area contributed by atoms with Crippen molar-refractivity contribution < 1.29 is 18.3 Å². The van der Waals surface area contributed by atoms with Crippen LogP contribution in [0.2, 0.25) is 0 Å². The third-order valence-electron chi connectivity index (χ3n) is 2.13. The van der Waals surface area contributed by atoms with Gasteiger partial charge in [-0.1, -0.05) is 0 Å². The van der Waals surface area contributed by atoms with E-state index in [9.17, 15) is 8.78 Å². The predicted molar refractivity (Wildman–Crippen MR) is 61.2 cm³/mol. The Kier molecular flexibility index (Phi) is 6.50. The van der Waals surface area contributed by atoms with Crippen molar-refractivity contribution in [1.29, 1.82) is 0 Å². The third-order valence-corrected chi connectivity index (χ3v) is 2.13. The summed E-state index contributed by atoms with van der Waals surface area (Å²) >= 11 is 0. The van der Waals surface area contributed by atoms with Gasteiger partial charge in [-0.25, -0.2) is 8.78 Å². The molecule has 0 heterocycles. The molecule has 1 rings (SSSR count). The molecule has 0 saturated carbocycles. The molecule has 0 aliphatic heterocycles. The van der Waals surface area contributed by atoms with Crippen LogP contribution in [0.5, 0.6) is 5.75 Å². The average Bonchev–Trinajstić information content (AvgIpc) is 2.30. The van der Waals surface area contributed by atoms with Crippen molar-refractivity contribution in [3.8, 4) is 5.75 Å². The largest absolute Gasteiger partial charge is 0.490 e. The van der Waals surface area contributed by atoms with Gasteiger partial charge in [0.15, 0.2) is 11.6 Å². The molecule has 0 bridgehead atoms. The molecule has 5 heteroatoms. The highest BCUT2D eigenvalue weighted by molar-refractivity contribution is 5.24. The van der Waals surface area contributed by atoms with Gasteiger partial charge in [0, 0.05) is 19.7 Å². The van der Waals surface area contributed by atoms with Crippen LogP contribution < -0.4 is 10.1 Å². The number of halogens is 2. The number of nitrogens with one attached hydrogen (secondary N) is 1. The van der Waals surface area contributed by atoms with Crippen molar-refractivity contribution in [2.45, 2.75) is 6.42 Å². The molecule has 0 unspecified atom stereocenters. The van der Waals surface area contributed by atoms with Crippen molar-refractivity contribution in [3.63, 3.8) is 0 Å². The second-order valence-electron chi connectivity index (χ2n) is 3.52. The molecule has 0 aliphatic carbocycles. The first-order chi connectivity index (χ1) is 8.24. The third kappa shape index (κ3) is 5.60. The summed E-state index contributed by atoms with van der Waals surface area (Å²) in [6.07, 6.45) is 0.751. The molecule has 0 radical (unpaired) electrons. The Hall–Kier alpha value is -1.20. The van der Waals surface area contributed by atoms with Crippen LogP contribution in [0.25, 0.3) is 0 Å². The van der Waals surface area contributed by atoms with E-state index in [0.29, 0.717) is 13.2 Å². The maximum absolute atomic E-state index is 13.1. The van der Waals surface area contributed by atoms with Crippen LogP contribution in [0, 0.1) is 11.6 Å². The standard InChI is InChI=1S/C12H17F2NO2/c1-16-8-6-15-5-2-7-17-12-4-3-10(13)9-11(12)14/h3-4,9,15H,2,5-8H2,1H3. The molecule has 96 valence electrons. The van der Waals surface area contributed by atoms with E-state index in [0.717, 1.165) is 25.6 Å². The summed E-state index contributed by atoms with van der Waals surface area (Å²) in [5.74, 6) is -1.18. The second-order valence-corrected chi connectivity index (χ2v) is 3.52. The minimum absolute atomic E-state index is 0.0864. The van der Waals surface area contributed by atoms with Gasteiger partial charge in [-0.05, 0) is 25.1 Å². The van der Waals surface area contributed by atoms with Crippen molar-refractivity contribution >= 4 is 0 Å². The molecule has 0 atom stereocenters. The molecule has 0 fully saturated rings. The van der Waals surface area contributed by atoms with E-state index in [-0.39, 0.29) is 5.75 Å². The normalized spacial score (nSPS) is 10.5. The highest BCUT2D eigenvalue weighted by Gasteiger charge is 2.03. The number of methoxy groups -OCH3 is 1. The molecular weight excluding hydrogens is 228 g/mol. The van der Waals surface area contributed by atoms with Gasteiger partial charge >= 0.3 is 0 Å². The highest BCUT2D eigenvalue weighted by atomic mass is 19.1. The lowest BCUT2D eigenvalue weighted by Gasteiger charge is -2.07. The van der Waals surface area contributed by atoms with Crippen LogP contribution in [0.4, 0.5) is 8.78 Å². The van der Waals surface area contributed by atoms with E-state index in [1.54, 1.807) is 7.11 Å². The first-order valence-electron chi connectivity index (χ1n) is 5.51. The summed E-state index contributed by atoms with van der Waals surface area (Å²) in [7, 11) is 1.64. The first kappa shape index (κ1) is 13.9. The Morgan fingerprint density at radius 1 is 1.18 bits per heavy atom. The minimum Gasteiger partial charge on any atom is -0.490 e. The van der Waals surface area contributed by atoms with Gasteiger partial charge in [0.25, 0.3) is 0 Å². The van der Waals surface area contributed by atoms with Crippen molar-refractivity contribution in [2.75, 3.05) is 33.4 Å². The fraction of sp³-hybridized carbons (Fsp3) is 0.500. The maximum Gasteiger partial charge on any atom is 0.167 e. The van der Waals surface area contributed by atoms with Crippen LogP contribution in [0.15, 0.2) is 18.2 Å². The lowest BCUT2D eigenvalue weighted by molar-refractivity contribution is 0.198. The number of ether oxygens (including phenoxy) is 2. The SMILES string of the molecule is COCCNCCCOc1ccc(F)cc1F. The second kappa shape index (κ2) is 7.97. The Labute approximate surface area is 99.7 Å². The number of hydrogen-bond donors (Lipinski definition) is 1. The quantitative estimate of drug-likeness (QED) is 0.710. The molecule has 3 nitrogen and oxygen atoms in total. The maximum atomic E-state index is 13.1. The highest BCUT2D eigenvalue weighted by Crippen LogP contribution is 2.17. The van der Waals surface area contributed by atoms with Crippen LogP contribution in [0.1, 0.15) is 6.42 Å². The van der Waals surface area contributed by atoms with Gasteiger partial charge < -0.3 is 14.8 Å². The minimum atomic E-state index is -0.669. The number of hydrogen-bond acceptors (Lipinski definition) is 3. The zero-order valence-electron chi connectivity index (χ0n) is 9.84. The topological polar surface area (TPSA) is 30.5 Å². The van der Waals surface area contributed by atoms with Gasteiger partial charge in [0.1, 0.15) is 5.82 Å². The van der Waals surface area contributed by atoms with Gasteiger partial charge in [-0.15, -0.1) is 0 Å². The van der Waals surface area contributed by atoms with E-state index in [2.05, 4.69) is 5.32 Å². The summed E-state index contributed by atoms with van der Waals surface area (Å²) in [5.41, 5.74) is 0. The monoisotopic (exact) mass is 245 g/mol. The lowest BCUT2D eigenvalue weighted by Crippen LogP contribution is -2.21. The fourth-order valence-corrected chi connectivity index (χ4v) is 1.27. The molecule has 0 spiro atoms. The Bertz CT molecular complexity index is 334. The molecule has 1 aromatic rings. The van der Waals surface area contributed by atoms with Gasteiger partial charge in [-0.3, -0.25) is 0 Å². The Balaban J connectivity index is 2.14. The molecular formula is C12H17F2NO2. The summed E-state index contributed by atoms with van der Waals surface area (Å²) in [4.78, 5) is 0. The predicted octanol–water partition coefficient (Wildman–Crippen LogP) is 1.97. The summed E-state index contributed by atoms with van der Waals surface area (Å²) in [6.45, 7) is 2.60. The Morgan fingerprint density at radius 2 is 2.00 bits per heavy atom. The zero-order valence-corrected chi connectivity index (χ0v) is 9.84. The molecule has 1 N–H and O–H groups in total. The van der Waals surface area contributed by atoms with E-state index < -0.39 is 11.6 Å². The molecule has 17 heavy (non-hydrogen) atoms. The zero-order chi connectivity index (χ0) is 12.5. The van der Waals surface area contributed by atoms with Crippen molar-refractivity contribution in [3.05, 3.63) is 29.8 Å². The van der Waals surface area contributed by atoms with Crippen molar-refractivity contribution in [1.82, 2.24) is 5.32 Å². The average molecular weight is 245 g/mol. The number of benzene rings is 1. The van der Waals surface area contributed by atoms with Gasteiger partial charge in [0.2, 0.25) is 0 Å². The molecule has 0 aromatic heterocycles. The van der Waals surface area contributed by atoms with Crippen molar-refractivity contribution in [2.24, 2.45) is 0 Å². The summed E-state index contributed by atoms with van der Waals surface area (Å²) in [6, 6.07) is 3.28. The van der Waals surface area contributed by atoms with Crippen LogP contribution in [-0.4, -0.2) is 33.4 Å². The van der Waals surface area contributed by atoms with Gasteiger partial charge in [-0.2, -0.15) is 0 Å². The number of rotatable bonds is 8. The molecule has 0 saturated heterocycles. The van der Waals surface area contributed by atoms with E-state index in [1.165, 1.54) is 12.1 Å². The summed E-state index contributed by atoms with van der Waals surface area (Å²) < 4.78 is 35.8. The lowest BCUT2D eigenvalue weighted by atomic mass is 10.3. The van der Waals surface area contributed by atoms with Crippen LogP contribution >= 0.6 is 0 Å². The van der Waals surface area contributed by atoms with E-state index >= 15 is 0 Å². The van der Waals surface area contributed by atoms with E-state index in [4.69, 9.17) is 9.47 Å². The fourth-order valence-electron chi connectivity index (χ4n) is 1.27. The van der Waals surface area contributed by atoms with Crippen LogP contribution in [0.3, 0.4) is 0 Å². The Morgan fingerprint density at radius 3 is 2.71 bits per heavy atom. The molecule has 0 aliphatic rings. The van der Waals surface area contributed by atoms with Gasteiger partial charge in [0.05, 0.1) is 13.2 Å². The molecule has 0 amide bonds. The van der Waals surface area contributed by atoms with E-state index in [1.807, 2.05) is 0 Å².